The Morgan fingerprint density at radius 3 is 2.05 bits per heavy atom. The summed E-state index contributed by atoms with van der Waals surface area (Å²) < 4.78 is 26.9. The summed E-state index contributed by atoms with van der Waals surface area (Å²) in [5.74, 6) is -0.738. The van der Waals surface area contributed by atoms with Crippen LogP contribution in [0.5, 0.6) is 0 Å². The van der Waals surface area contributed by atoms with E-state index in [-0.39, 0.29) is 12.5 Å². The summed E-state index contributed by atoms with van der Waals surface area (Å²) in [5, 5.41) is 2.86. The Bertz CT molecular complexity index is 1350. The fourth-order valence-corrected chi connectivity index (χ4v) is 5.39. The quantitative estimate of drug-likeness (QED) is 0.400. The van der Waals surface area contributed by atoms with Crippen LogP contribution in [-0.2, 0) is 32.6 Å². The number of anilines is 1. The number of benzene rings is 3. The third kappa shape index (κ3) is 7.92. The van der Waals surface area contributed by atoms with E-state index in [4.69, 9.17) is 0 Å². The molecule has 202 valence electrons. The Labute approximate surface area is 226 Å². The molecule has 38 heavy (non-hydrogen) atoms. The number of nitrogens with one attached hydrogen (secondary N) is 1. The molecule has 3 aromatic carbocycles. The molecule has 8 heteroatoms. The minimum Gasteiger partial charge on any atom is -0.355 e. The first-order chi connectivity index (χ1) is 18.0. The van der Waals surface area contributed by atoms with Gasteiger partial charge < -0.3 is 10.2 Å². The van der Waals surface area contributed by atoms with Crippen molar-refractivity contribution < 1.29 is 18.0 Å². The van der Waals surface area contributed by atoms with E-state index in [1.807, 2.05) is 88.4 Å². The highest BCUT2D eigenvalue weighted by molar-refractivity contribution is 7.92. The molecule has 0 saturated carbocycles. The molecule has 2 amide bonds. The summed E-state index contributed by atoms with van der Waals surface area (Å²) in [7, 11) is -3.79. The van der Waals surface area contributed by atoms with Gasteiger partial charge in [-0.1, -0.05) is 66.2 Å². The van der Waals surface area contributed by atoms with E-state index < -0.39 is 28.5 Å². The lowest BCUT2D eigenvalue weighted by Gasteiger charge is -2.33. The summed E-state index contributed by atoms with van der Waals surface area (Å²) in [6.07, 6.45) is 1.39. The van der Waals surface area contributed by atoms with E-state index in [0.717, 1.165) is 38.4 Å². The van der Waals surface area contributed by atoms with Crippen molar-refractivity contribution in [3.8, 4) is 0 Å². The minimum atomic E-state index is -3.79. The second-order valence-corrected chi connectivity index (χ2v) is 11.6. The summed E-state index contributed by atoms with van der Waals surface area (Å²) >= 11 is 0. The molecule has 3 aromatic rings. The maximum atomic E-state index is 14.0. The molecule has 0 bridgehead atoms. The van der Waals surface area contributed by atoms with Gasteiger partial charge in [0, 0.05) is 19.5 Å². The topological polar surface area (TPSA) is 86.8 Å². The molecule has 0 radical (unpaired) electrons. The zero-order valence-electron chi connectivity index (χ0n) is 22.8. The molecule has 1 atom stereocenters. The van der Waals surface area contributed by atoms with Crippen molar-refractivity contribution in [3.63, 3.8) is 0 Å². The van der Waals surface area contributed by atoms with Gasteiger partial charge in [-0.15, -0.1) is 0 Å². The molecule has 0 saturated heterocycles. The van der Waals surface area contributed by atoms with Crippen LogP contribution in [-0.4, -0.2) is 50.5 Å². The van der Waals surface area contributed by atoms with E-state index in [0.29, 0.717) is 18.7 Å². The smallest absolute Gasteiger partial charge is 0.244 e. The maximum Gasteiger partial charge on any atom is 0.244 e. The lowest BCUT2D eigenvalue weighted by molar-refractivity contribution is -0.140. The van der Waals surface area contributed by atoms with Gasteiger partial charge >= 0.3 is 0 Å². The van der Waals surface area contributed by atoms with Gasteiger partial charge in [-0.05, 0) is 62.1 Å². The molecule has 0 aliphatic carbocycles. The zero-order valence-corrected chi connectivity index (χ0v) is 23.6. The molecule has 0 aromatic heterocycles. The first kappa shape index (κ1) is 28.9. The number of amides is 2. The predicted octanol–water partition coefficient (Wildman–Crippen LogP) is 4.15. The third-order valence-corrected chi connectivity index (χ3v) is 7.37. The van der Waals surface area contributed by atoms with E-state index in [2.05, 4.69) is 5.32 Å². The second-order valence-electron chi connectivity index (χ2n) is 9.73. The Balaban J connectivity index is 2.06. The van der Waals surface area contributed by atoms with Crippen LogP contribution in [0.1, 0.15) is 34.7 Å². The van der Waals surface area contributed by atoms with Crippen LogP contribution in [0.25, 0.3) is 0 Å². The average molecular weight is 536 g/mol. The fourth-order valence-electron chi connectivity index (χ4n) is 4.56. The molecule has 3 rings (SSSR count). The minimum absolute atomic E-state index is 0.166. The average Bonchev–Trinajstić information content (AvgIpc) is 2.84. The van der Waals surface area contributed by atoms with Crippen LogP contribution in [0, 0.1) is 20.8 Å². The molecular formula is C30H37N3O4S. The van der Waals surface area contributed by atoms with Crippen molar-refractivity contribution in [2.45, 2.75) is 46.7 Å². The first-order valence-electron chi connectivity index (χ1n) is 12.7. The van der Waals surface area contributed by atoms with Crippen LogP contribution >= 0.6 is 0 Å². The molecule has 0 heterocycles. The van der Waals surface area contributed by atoms with Crippen LogP contribution < -0.4 is 9.62 Å². The molecule has 7 nitrogen and oxygen atoms in total. The van der Waals surface area contributed by atoms with E-state index in [1.165, 1.54) is 4.90 Å². The number of likely N-dealkylation sites (N-methyl/N-ethyl adjacent to an activating group) is 1. The third-order valence-electron chi connectivity index (χ3n) is 6.23. The summed E-state index contributed by atoms with van der Waals surface area (Å²) in [6, 6.07) is 21.9. The molecule has 1 unspecified atom stereocenters. The van der Waals surface area contributed by atoms with Crippen molar-refractivity contribution in [1.29, 1.82) is 0 Å². The van der Waals surface area contributed by atoms with Gasteiger partial charge in [-0.3, -0.25) is 13.9 Å². The van der Waals surface area contributed by atoms with Crippen LogP contribution in [0.2, 0.25) is 0 Å². The van der Waals surface area contributed by atoms with Crippen molar-refractivity contribution in [3.05, 3.63) is 101 Å². The number of aryl methyl sites for hydroxylation is 3. The SMILES string of the molecule is CCNC(=O)C(Cc1ccccc1)N(Cc1cccc(C)c1)C(=O)CN(c1cc(C)cc(C)c1)S(C)(=O)=O. The summed E-state index contributed by atoms with van der Waals surface area (Å²) in [4.78, 5) is 28.9. The lowest BCUT2D eigenvalue weighted by Crippen LogP contribution is -2.53. The van der Waals surface area contributed by atoms with Crippen molar-refractivity contribution >= 4 is 27.5 Å². The first-order valence-corrected chi connectivity index (χ1v) is 14.6. The van der Waals surface area contributed by atoms with Gasteiger partial charge in [0.2, 0.25) is 21.8 Å². The number of nitrogens with zero attached hydrogens (tertiary/aromatic N) is 2. The fraction of sp³-hybridized carbons (Fsp3) is 0.333. The summed E-state index contributed by atoms with van der Waals surface area (Å²) in [6.45, 7) is 7.72. The molecule has 0 aliphatic heterocycles. The maximum absolute atomic E-state index is 14.0. The van der Waals surface area contributed by atoms with Gasteiger partial charge in [0.15, 0.2) is 0 Å². The molecule has 0 fully saturated rings. The van der Waals surface area contributed by atoms with Crippen LogP contribution in [0.15, 0.2) is 72.8 Å². The number of rotatable bonds is 11. The number of carbonyl (C=O) groups is 2. The highest BCUT2D eigenvalue weighted by Crippen LogP contribution is 2.23. The van der Waals surface area contributed by atoms with Gasteiger partial charge in [0.1, 0.15) is 12.6 Å². The van der Waals surface area contributed by atoms with Crippen LogP contribution in [0.3, 0.4) is 0 Å². The molecule has 0 spiro atoms. The van der Waals surface area contributed by atoms with Gasteiger partial charge in [-0.25, -0.2) is 8.42 Å². The second kappa shape index (κ2) is 12.7. The molecule has 1 N–H and O–H groups in total. The Hall–Kier alpha value is -3.65. The molecule has 0 aliphatic rings. The Morgan fingerprint density at radius 2 is 1.47 bits per heavy atom. The van der Waals surface area contributed by atoms with E-state index in [1.54, 1.807) is 12.1 Å². The molecular weight excluding hydrogens is 498 g/mol. The van der Waals surface area contributed by atoms with Crippen molar-refractivity contribution in [2.75, 3.05) is 23.7 Å². The number of carbonyl (C=O) groups excluding carboxylic acids is 2. The van der Waals surface area contributed by atoms with Gasteiger partial charge in [0.05, 0.1) is 11.9 Å². The van der Waals surface area contributed by atoms with Crippen molar-refractivity contribution in [2.24, 2.45) is 0 Å². The van der Waals surface area contributed by atoms with E-state index in [9.17, 15) is 18.0 Å². The Kier molecular flexibility index (Phi) is 9.69. The predicted molar refractivity (Wildman–Crippen MR) is 152 cm³/mol. The van der Waals surface area contributed by atoms with Crippen molar-refractivity contribution in [1.82, 2.24) is 10.2 Å². The monoisotopic (exact) mass is 535 g/mol. The summed E-state index contributed by atoms with van der Waals surface area (Å²) in [5.41, 5.74) is 4.99. The highest BCUT2D eigenvalue weighted by atomic mass is 32.2. The normalized spacial score (nSPS) is 12.0. The zero-order chi connectivity index (χ0) is 27.9. The Morgan fingerprint density at radius 1 is 0.842 bits per heavy atom. The largest absolute Gasteiger partial charge is 0.355 e. The lowest BCUT2D eigenvalue weighted by atomic mass is 10.0. The number of sulfonamides is 1. The van der Waals surface area contributed by atoms with Gasteiger partial charge in [-0.2, -0.15) is 0 Å². The number of hydrogen-bond acceptors (Lipinski definition) is 4. The van der Waals surface area contributed by atoms with Crippen LogP contribution in [0.4, 0.5) is 5.69 Å². The van der Waals surface area contributed by atoms with Gasteiger partial charge in [0.25, 0.3) is 0 Å². The number of hydrogen-bond donors (Lipinski definition) is 1. The van der Waals surface area contributed by atoms with E-state index >= 15 is 0 Å². The standard InChI is InChI=1S/C30H37N3O4S/c1-6-31-30(35)28(19-25-12-8-7-9-13-25)32(20-26-14-10-11-22(2)16-26)29(34)21-33(38(5,36)37)27-17-23(3)15-24(4)18-27/h7-18,28H,6,19-21H2,1-5H3,(H,31,35). The highest BCUT2D eigenvalue weighted by Gasteiger charge is 2.33.